The summed E-state index contributed by atoms with van der Waals surface area (Å²) >= 11 is 0. The number of benzene rings is 1. The Bertz CT molecular complexity index is 293. The van der Waals surface area contributed by atoms with Crippen LogP contribution in [0.2, 0.25) is 0 Å². The van der Waals surface area contributed by atoms with E-state index in [1.807, 2.05) is 0 Å². The van der Waals surface area contributed by atoms with Gasteiger partial charge in [-0.15, -0.1) is 0 Å². The Hall–Kier alpha value is -0.860. The zero-order chi connectivity index (χ0) is 11.2. The van der Waals surface area contributed by atoms with Gasteiger partial charge in [0, 0.05) is 6.61 Å². The molecule has 0 amide bonds. The molecule has 0 spiro atoms. The van der Waals surface area contributed by atoms with E-state index in [1.54, 1.807) is 0 Å². The second kappa shape index (κ2) is 6.02. The highest BCUT2D eigenvalue weighted by Gasteiger charge is 2.28. The Morgan fingerprint density at radius 3 is 2.62 bits per heavy atom. The van der Waals surface area contributed by atoms with Crippen molar-refractivity contribution in [3.8, 4) is 0 Å². The van der Waals surface area contributed by atoms with Crippen LogP contribution in [0.4, 0.5) is 0 Å². The van der Waals surface area contributed by atoms with Gasteiger partial charge in [-0.05, 0) is 43.7 Å². The Morgan fingerprint density at radius 2 is 1.94 bits per heavy atom. The number of ether oxygens (including phenoxy) is 1. The normalized spacial score (nSPS) is 24.1. The Labute approximate surface area is 97.8 Å². The molecule has 0 unspecified atom stereocenters. The molecule has 0 radical (unpaired) electrons. The van der Waals surface area contributed by atoms with E-state index in [-0.39, 0.29) is 0 Å². The van der Waals surface area contributed by atoms with E-state index in [2.05, 4.69) is 30.3 Å². The summed E-state index contributed by atoms with van der Waals surface area (Å²) < 4.78 is 5.78. The van der Waals surface area contributed by atoms with Crippen LogP contribution < -0.4 is 5.73 Å². The third-order valence-electron chi connectivity index (χ3n) is 3.33. The second-order valence-electron chi connectivity index (χ2n) is 4.66. The molecule has 1 saturated carbocycles. The maximum absolute atomic E-state index is 5.78. The van der Waals surface area contributed by atoms with Gasteiger partial charge < -0.3 is 10.5 Å². The monoisotopic (exact) mass is 219 g/mol. The fourth-order valence-corrected chi connectivity index (χ4v) is 2.17. The minimum atomic E-state index is 0.490. The molecule has 0 atom stereocenters. The van der Waals surface area contributed by atoms with Crippen molar-refractivity contribution >= 4 is 0 Å². The summed E-state index contributed by atoms with van der Waals surface area (Å²) in [6, 6.07) is 10.6. The average Bonchev–Trinajstić information content (AvgIpc) is 2.28. The van der Waals surface area contributed by atoms with Crippen LogP contribution in [-0.4, -0.2) is 19.3 Å². The molecule has 0 aliphatic heterocycles. The lowest BCUT2D eigenvalue weighted by molar-refractivity contribution is -0.0284. The van der Waals surface area contributed by atoms with Crippen LogP contribution in [-0.2, 0) is 11.2 Å². The summed E-state index contributed by atoms with van der Waals surface area (Å²) in [5.74, 6) is 0.721. The first-order valence-electron chi connectivity index (χ1n) is 6.24. The van der Waals surface area contributed by atoms with E-state index in [4.69, 9.17) is 10.5 Å². The van der Waals surface area contributed by atoms with E-state index in [0.29, 0.717) is 6.10 Å². The second-order valence-corrected chi connectivity index (χ2v) is 4.66. The Kier molecular flexibility index (Phi) is 4.37. The topological polar surface area (TPSA) is 35.2 Å². The standard InChI is InChI=1S/C14H21NO/c15-11-13-9-14(10-13)16-8-4-7-12-5-2-1-3-6-12/h1-3,5-6,13-14H,4,7-11,15H2. The molecule has 1 aromatic carbocycles. The summed E-state index contributed by atoms with van der Waals surface area (Å²) in [5.41, 5.74) is 6.97. The Morgan fingerprint density at radius 1 is 1.19 bits per heavy atom. The lowest BCUT2D eigenvalue weighted by atomic mass is 9.82. The zero-order valence-electron chi connectivity index (χ0n) is 9.77. The van der Waals surface area contributed by atoms with Gasteiger partial charge in [0.05, 0.1) is 6.10 Å². The van der Waals surface area contributed by atoms with Gasteiger partial charge in [0.15, 0.2) is 0 Å². The molecule has 0 bridgehead atoms. The number of nitrogens with two attached hydrogens (primary N) is 1. The first-order chi connectivity index (χ1) is 7.88. The molecule has 88 valence electrons. The molecule has 2 rings (SSSR count). The van der Waals surface area contributed by atoms with Gasteiger partial charge in [-0.2, -0.15) is 0 Å². The maximum Gasteiger partial charge on any atom is 0.0581 e. The molecule has 2 N–H and O–H groups in total. The van der Waals surface area contributed by atoms with E-state index in [9.17, 15) is 0 Å². The third kappa shape index (κ3) is 3.32. The summed E-state index contributed by atoms with van der Waals surface area (Å²) in [4.78, 5) is 0. The largest absolute Gasteiger partial charge is 0.378 e. The lowest BCUT2D eigenvalue weighted by Crippen LogP contribution is -2.36. The van der Waals surface area contributed by atoms with Crippen LogP contribution in [0.15, 0.2) is 30.3 Å². The van der Waals surface area contributed by atoms with Crippen molar-refractivity contribution in [1.82, 2.24) is 0 Å². The molecule has 0 aromatic heterocycles. The molecular formula is C14H21NO. The minimum absolute atomic E-state index is 0.490. The number of aryl methyl sites for hydroxylation is 1. The minimum Gasteiger partial charge on any atom is -0.378 e. The first kappa shape index (κ1) is 11.6. The number of hydrogen-bond donors (Lipinski definition) is 1. The quantitative estimate of drug-likeness (QED) is 0.745. The van der Waals surface area contributed by atoms with Crippen LogP contribution in [0.3, 0.4) is 0 Å². The fraction of sp³-hybridized carbons (Fsp3) is 0.571. The smallest absolute Gasteiger partial charge is 0.0581 e. The van der Waals surface area contributed by atoms with E-state index < -0.39 is 0 Å². The van der Waals surface area contributed by atoms with Crippen LogP contribution in [0.5, 0.6) is 0 Å². The predicted octanol–water partition coefficient (Wildman–Crippen LogP) is 2.37. The highest BCUT2D eigenvalue weighted by molar-refractivity contribution is 5.14. The highest BCUT2D eigenvalue weighted by atomic mass is 16.5. The van der Waals surface area contributed by atoms with Crippen molar-refractivity contribution < 1.29 is 4.74 Å². The van der Waals surface area contributed by atoms with Gasteiger partial charge in [0.25, 0.3) is 0 Å². The first-order valence-corrected chi connectivity index (χ1v) is 6.24. The highest BCUT2D eigenvalue weighted by Crippen LogP contribution is 2.28. The van der Waals surface area contributed by atoms with E-state index in [1.165, 1.54) is 18.4 Å². The maximum atomic E-state index is 5.78. The van der Waals surface area contributed by atoms with Crippen molar-refractivity contribution in [2.24, 2.45) is 11.7 Å². The van der Waals surface area contributed by atoms with Crippen molar-refractivity contribution in [1.29, 1.82) is 0 Å². The molecule has 1 aliphatic carbocycles. The van der Waals surface area contributed by atoms with Gasteiger partial charge in [0.2, 0.25) is 0 Å². The van der Waals surface area contributed by atoms with Gasteiger partial charge >= 0.3 is 0 Å². The fourth-order valence-electron chi connectivity index (χ4n) is 2.17. The van der Waals surface area contributed by atoms with Crippen LogP contribution in [0, 0.1) is 5.92 Å². The SMILES string of the molecule is NCC1CC(OCCCc2ccccc2)C1. The molecule has 1 aliphatic rings. The molecule has 2 heteroatoms. The molecule has 0 saturated heterocycles. The molecule has 2 nitrogen and oxygen atoms in total. The summed E-state index contributed by atoms with van der Waals surface area (Å²) in [6.07, 6.45) is 5.06. The molecule has 0 heterocycles. The molecular weight excluding hydrogens is 198 g/mol. The van der Waals surface area contributed by atoms with Gasteiger partial charge in [-0.3, -0.25) is 0 Å². The number of rotatable bonds is 6. The summed E-state index contributed by atoms with van der Waals surface area (Å²) in [6.45, 7) is 1.71. The lowest BCUT2D eigenvalue weighted by Gasteiger charge is -2.34. The van der Waals surface area contributed by atoms with Gasteiger partial charge in [-0.1, -0.05) is 30.3 Å². The predicted molar refractivity (Wildman–Crippen MR) is 66.3 cm³/mol. The molecule has 1 fully saturated rings. The van der Waals surface area contributed by atoms with Gasteiger partial charge in [-0.25, -0.2) is 0 Å². The third-order valence-corrected chi connectivity index (χ3v) is 3.33. The summed E-state index contributed by atoms with van der Waals surface area (Å²) in [5, 5.41) is 0. The van der Waals surface area contributed by atoms with Crippen LogP contribution in [0.25, 0.3) is 0 Å². The number of hydrogen-bond acceptors (Lipinski definition) is 2. The molecule has 1 aromatic rings. The van der Waals surface area contributed by atoms with Crippen molar-refractivity contribution in [2.45, 2.75) is 31.8 Å². The van der Waals surface area contributed by atoms with Crippen molar-refractivity contribution in [3.05, 3.63) is 35.9 Å². The molecule has 16 heavy (non-hydrogen) atoms. The van der Waals surface area contributed by atoms with Crippen LogP contribution in [0.1, 0.15) is 24.8 Å². The van der Waals surface area contributed by atoms with E-state index in [0.717, 1.165) is 31.9 Å². The average molecular weight is 219 g/mol. The van der Waals surface area contributed by atoms with Gasteiger partial charge in [0.1, 0.15) is 0 Å². The van der Waals surface area contributed by atoms with E-state index >= 15 is 0 Å². The Balaban J connectivity index is 1.53. The summed E-state index contributed by atoms with van der Waals surface area (Å²) in [7, 11) is 0. The van der Waals surface area contributed by atoms with Crippen LogP contribution >= 0.6 is 0 Å². The van der Waals surface area contributed by atoms with Crippen molar-refractivity contribution in [2.75, 3.05) is 13.2 Å². The van der Waals surface area contributed by atoms with Crippen molar-refractivity contribution in [3.63, 3.8) is 0 Å². The zero-order valence-corrected chi connectivity index (χ0v) is 9.77.